The van der Waals surface area contributed by atoms with Crippen LogP contribution in [0, 0.1) is 21.3 Å². The minimum atomic E-state index is -4.75. The van der Waals surface area contributed by atoms with Crippen LogP contribution in [-0.4, -0.2) is 26.2 Å². The molecule has 2 aromatic heterocycles. The Kier molecular flexibility index (Phi) is 5.23. The molecule has 2 aromatic rings. The maximum Gasteiger partial charge on any atom is 0.420 e. The second kappa shape index (κ2) is 7.69. The van der Waals surface area contributed by atoms with Crippen LogP contribution in [0.2, 0.25) is 0 Å². The monoisotopic (exact) mass is 497 g/mol. The number of nitrogens with one attached hydrogen (secondary N) is 2. The number of rotatable bonds is 6. The Morgan fingerprint density at radius 2 is 2.06 bits per heavy atom. The predicted octanol–water partition coefficient (Wildman–Crippen LogP) is 4.28. The number of alkyl halides is 3. The lowest BCUT2D eigenvalue weighted by Gasteiger charge is -2.56. The molecular formula is C22H26F3N5O3S. The van der Waals surface area contributed by atoms with E-state index in [0.717, 1.165) is 50.6 Å². The van der Waals surface area contributed by atoms with Crippen LogP contribution < -0.4 is 10.0 Å². The third-order valence-electron chi connectivity index (χ3n) is 7.58. The molecule has 0 bridgehead atoms. The number of halogens is 3. The van der Waals surface area contributed by atoms with Crippen molar-refractivity contribution in [1.29, 1.82) is 4.78 Å². The molecule has 3 aliphatic rings. The van der Waals surface area contributed by atoms with Crippen LogP contribution in [0.15, 0.2) is 23.4 Å². The van der Waals surface area contributed by atoms with E-state index in [4.69, 9.17) is 4.78 Å². The second-order valence-corrected chi connectivity index (χ2v) is 12.0. The van der Waals surface area contributed by atoms with Crippen molar-refractivity contribution < 1.29 is 26.9 Å². The van der Waals surface area contributed by atoms with Gasteiger partial charge >= 0.3 is 6.18 Å². The summed E-state index contributed by atoms with van der Waals surface area (Å²) >= 11 is 0. The smallest absolute Gasteiger partial charge is 0.420 e. The Morgan fingerprint density at radius 1 is 1.35 bits per heavy atom. The van der Waals surface area contributed by atoms with Crippen LogP contribution in [0.3, 0.4) is 0 Å². The van der Waals surface area contributed by atoms with Gasteiger partial charge in [0.1, 0.15) is 21.0 Å². The molecule has 3 aliphatic carbocycles. The summed E-state index contributed by atoms with van der Waals surface area (Å²) in [6.07, 6.45) is 3.69. The van der Waals surface area contributed by atoms with Crippen molar-refractivity contribution in [1.82, 2.24) is 9.78 Å². The van der Waals surface area contributed by atoms with Gasteiger partial charge in [0.25, 0.3) is 10.9 Å². The van der Waals surface area contributed by atoms with Gasteiger partial charge in [0.2, 0.25) is 0 Å². The molecule has 2 heterocycles. The van der Waals surface area contributed by atoms with Gasteiger partial charge < -0.3 is 10.5 Å². The van der Waals surface area contributed by atoms with E-state index in [2.05, 4.69) is 10.4 Å². The van der Waals surface area contributed by atoms with Crippen molar-refractivity contribution in [2.45, 2.75) is 68.6 Å². The molecule has 1 spiro atoms. The van der Waals surface area contributed by atoms with Crippen LogP contribution in [0.4, 0.5) is 18.9 Å². The summed E-state index contributed by atoms with van der Waals surface area (Å²) in [6.45, 7) is 0.259. The van der Waals surface area contributed by atoms with Crippen LogP contribution in [0.5, 0.6) is 0 Å². The molecule has 3 fully saturated rings. The van der Waals surface area contributed by atoms with Gasteiger partial charge in [-0.1, -0.05) is 6.42 Å². The second-order valence-electron chi connectivity index (χ2n) is 9.89. The lowest BCUT2D eigenvalue weighted by atomic mass is 9.50. The Balaban J connectivity index is 1.53. The minimum absolute atomic E-state index is 0.0121. The van der Waals surface area contributed by atoms with Crippen LogP contribution in [0.1, 0.15) is 72.6 Å². The largest absolute Gasteiger partial charge is 0.618 e. The fraction of sp³-hybridized carbons (Fsp3) is 0.591. The number of hydrogen-bond donors (Lipinski definition) is 2. The predicted molar refractivity (Wildman–Crippen MR) is 117 cm³/mol. The Bertz CT molecular complexity index is 1260. The fourth-order valence-corrected chi connectivity index (χ4v) is 6.08. The molecule has 1 amide bonds. The van der Waals surface area contributed by atoms with E-state index in [0.29, 0.717) is 12.8 Å². The quantitative estimate of drug-likeness (QED) is 0.458. The first kappa shape index (κ1) is 23.1. The van der Waals surface area contributed by atoms with Gasteiger partial charge in [-0.2, -0.15) is 23.0 Å². The van der Waals surface area contributed by atoms with Gasteiger partial charge in [-0.25, -0.2) is 8.99 Å². The first-order valence-electron chi connectivity index (χ1n) is 11.4. The summed E-state index contributed by atoms with van der Waals surface area (Å²) in [5, 5.41) is 18.2. The van der Waals surface area contributed by atoms with Gasteiger partial charge in [-0.15, -0.1) is 0 Å². The van der Waals surface area contributed by atoms with Gasteiger partial charge in [-0.3, -0.25) is 9.48 Å². The molecule has 2 N–H and O–H groups in total. The van der Waals surface area contributed by atoms with E-state index >= 15 is 0 Å². The molecular weight excluding hydrogens is 471 g/mol. The summed E-state index contributed by atoms with van der Waals surface area (Å²) in [5.74, 6) is -1.10. The molecule has 2 unspecified atom stereocenters. The molecule has 2 atom stereocenters. The number of amides is 1. The van der Waals surface area contributed by atoms with Crippen LogP contribution in [-0.2, 0) is 22.5 Å². The highest BCUT2D eigenvalue weighted by Crippen LogP contribution is 2.60. The van der Waals surface area contributed by atoms with Crippen molar-refractivity contribution >= 4 is 21.3 Å². The van der Waals surface area contributed by atoms with Crippen molar-refractivity contribution in [2.24, 2.45) is 11.3 Å². The molecule has 8 nitrogen and oxygen atoms in total. The maximum absolute atomic E-state index is 14.2. The average molecular weight is 498 g/mol. The van der Waals surface area contributed by atoms with E-state index in [1.807, 2.05) is 0 Å². The molecule has 0 radical (unpaired) electrons. The third-order valence-corrected chi connectivity index (χ3v) is 8.68. The zero-order valence-electron chi connectivity index (χ0n) is 18.7. The van der Waals surface area contributed by atoms with E-state index in [1.165, 1.54) is 10.7 Å². The maximum atomic E-state index is 14.2. The Hall–Kier alpha value is -2.63. The van der Waals surface area contributed by atoms with Gasteiger partial charge in [0.05, 0.1) is 11.4 Å². The lowest BCUT2D eigenvalue weighted by Crippen LogP contribution is -2.47. The van der Waals surface area contributed by atoms with E-state index < -0.39 is 38.1 Å². The number of pyridine rings is 1. The third kappa shape index (κ3) is 3.95. The number of carbonyl (C=O) groups is 1. The fourth-order valence-electron chi connectivity index (χ4n) is 5.32. The zero-order valence-corrected chi connectivity index (χ0v) is 19.5. The topological polar surface area (TPSA) is 115 Å². The first-order valence-corrected chi connectivity index (χ1v) is 13.3. The molecule has 3 saturated carbocycles. The van der Waals surface area contributed by atoms with E-state index in [1.54, 1.807) is 0 Å². The summed E-state index contributed by atoms with van der Waals surface area (Å²) in [4.78, 5) is 13.3. The summed E-state index contributed by atoms with van der Waals surface area (Å²) in [7, 11) is -3.41. The minimum Gasteiger partial charge on any atom is -0.618 e. The molecule has 0 aromatic carbocycles. The molecule has 0 aliphatic heterocycles. The molecule has 12 heteroatoms. The molecule has 5 rings (SSSR count). The van der Waals surface area contributed by atoms with Crippen molar-refractivity contribution in [2.75, 3.05) is 11.6 Å². The molecule has 0 saturated heterocycles. The number of hydrogen-bond acceptors (Lipinski definition) is 5. The number of nitrogens with zero attached hydrogens (tertiary/aromatic N) is 3. The number of carbonyl (C=O) groups excluding carboxylic acids is 1. The summed E-state index contributed by atoms with van der Waals surface area (Å²) in [6, 6.07) is 2.26. The lowest BCUT2D eigenvalue weighted by molar-refractivity contribution is -0.646. The highest BCUT2D eigenvalue weighted by molar-refractivity contribution is 7.91. The van der Waals surface area contributed by atoms with Gasteiger partial charge in [0.15, 0.2) is 6.20 Å². The summed E-state index contributed by atoms with van der Waals surface area (Å²) in [5.41, 5.74) is -1.44. The van der Waals surface area contributed by atoms with Crippen LogP contribution in [0.25, 0.3) is 0 Å². The SMILES string of the molecule is CS(=N)(=O)c1cc(NC(=O)c2c(C(F)(F)F)c(C3CC3)nn2CC2CCC23CCC3)cc[n+]1[O-]. The number of aromatic nitrogens is 3. The Labute approximate surface area is 195 Å². The van der Waals surface area contributed by atoms with Crippen molar-refractivity contribution in [3.8, 4) is 0 Å². The van der Waals surface area contributed by atoms with Crippen molar-refractivity contribution in [3.63, 3.8) is 0 Å². The number of anilines is 1. The van der Waals surface area contributed by atoms with E-state index in [9.17, 15) is 27.4 Å². The van der Waals surface area contributed by atoms with Crippen LogP contribution >= 0.6 is 0 Å². The first-order chi connectivity index (χ1) is 15.9. The van der Waals surface area contributed by atoms with Crippen molar-refractivity contribution in [3.05, 3.63) is 40.5 Å². The highest BCUT2D eigenvalue weighted by Gasteiger charge is 2.52. The Morgan fingerprint density at radius 3 is 2.56 bits per heavy atom. The van der Waals surface area contributed by atoms with Gasteiger partial charge in [0, 0.05) is 30.9 Å². The standard InChI is InChI=1S/C22H26F3N5O3S/c1-34(26,33)16-11-15(6-10-30(16)32)27-20(31)19-17(22(23,24)25)18(13-3-4-13)28-29(19)12-14-5-9-21(14)7-2-8-21/h6,10-11,13-14,26H,2-5,7-9,12H2,1H3,(H,27,31). The highest BCUT2D eigenvalue weighted by atomic mass is 32.2. The van der Waals surface area contributed by atoms with Gasteiger partial charge in [-0.05, 0) is 49.9 Å². The summed E-state index contributed by atoms with van der Waals surface area (Å²) < 4.78 is 63.8. The van der Waals surface area contributed by atoms with E-state index in [-0.39, 0.29) is 39.9 Å². The molecule has 184 valence electrons. The normalized spacial score (nSPS) is 23.1. The molecule has 34 heavy (non-hydrogen) atoms. The average Bonchev–Trinajstić information content (AvgIpc) is 3.44. The zero-order chi connectivity index (χ0) is 24.5.